The van der Waals surface area contributed by atoms with Crippen LogP contribution in [0.25, 0.3) is 11.1 Å². The van der Waals surface area contributed by atoms with Crippen LogP contribution in [-0.2, 0) is 37.0 Å². The quantitative estimate of drug-likeness (QED) is 0.148. The first kappa shape index (κ1) is 37.3. The number of carbonyl (C=O) groups is 3. The first-order chi connectivity index (χ1) is 26.2. The number of carbonyl (C=O) groups excluding carboxylic acids is 2. The Labute approximate surface area is 315 Å². The number of aliphatic hydroxyl groups is 1. The number of para-hydroxylation sites is 1. The zero-order valence-corrected chi connectivity index (χ0v) is 30.5. The van der Waals surface area contributed by atoms with Gasteiger partial charge in [0.15, 0.2) is 6.29 Å². The maximum Gasteiger partial charge on any atom is 0.303 e. The average Bonchev–Trinajstić information content (AvgIpc) is 3.52. The van der Waals surface area contributed by atoms with Gasteiger partial charge in [-0.3, -0.25) is 14.4 Å². The number of nitrogens with one attached hydrogen (secondary N) is 2. The molecule has 0 bridgehead atoms. The highest BCUT2D eigenvalue weighted by Gasteiger charge is 2.51. The number of aliphatic hydroxyl groups excluding tert-OH is 1. The van der Waals surface area contributed by atoms with Gasteiger partial charge in [0.2, 0.25) is 11.8 Å². The third-order valence-corrected chi connectivity index (χ3v) is 11.1. The number of likely N-dealkylation sites (tertiary alicyclic amines) is 1. The van der Waals surface area contributed by atoms with Crippen molar-refractivity contribution in [2.24, 2.45) is 5.92 Å². The number of carboxylic acids is 1. The predicted molar refractivity (Wildman–Crippen MR) is 204 cm³/mol. The maximum absolute atomic E-state index is 13.3. The highest BCUT2D eigenvalue weighted by Crippen LogP contribution is 2.43. The lowest BCUT2D eigenvalue weighted by atomic mass is 9.84. The van der Waals surface area contributed by atoms with E-state index in [0.717, 1.165) is 52.2 Å². The first-order valence-corrected chi connectivity index (χ1v) is 18.7. The van der Waals surface area contributed by atoms with Crippen LogP contribution in [-0.4, -0.2) is 70.8 Å². The summed E-state index contributed by atoms with van der Waals surface area (Å²) >= 11 is 0. The molecule has 0 unspecified atom stereocenters. The van der Waals surface area contributed by atoms with Gasteiger partial charge in [0.25, 0.3) is 0 Å². The molecular formula is C43H48N4O7. The minimum atomic E-state index is -1.00. The van der Waals surface area contributed by atoms with Crippen molar-refractivity contribution in [2.45, 2.75) is 69.8 Å². The molecular weight excluding hydrogens is 684 g/mol. The monoisotopic (exact) mass is 732 g/mol. The normalized spacial score (nSPS) is 22.6. The van der Waals surface area contributed by atoms with Crippen LogP contribution in [0.1, 0.15) is 67.3 Å². The van der Waals surface area contributed by atoms with Crippen LogP contribution in [0.2, 0.25) is 0 Å². The van der Waals surface area contributed by atoms with Gasteiger partial charge in [-0.2, -0.15) is 0 Å². The number of benzene rings is 4. The Balaban J connectivity index is 1.08. The number of hydrogen-bond donors (Lipinski definition) is 4. The Kier molecular flexibility index (Phi) is 11.4. The molecule has 4 N–H and O–H groups in total. The Bertz CT molecular complexity index is 1930. The largest absolute Gasteiger partial charge is 0.481 e. The van der Waals surface area contributed by atoms with Gasteiger partial charge in [0, 0.05) is 49.8 Å². The Morgan fingerprint density at radius 3 is 2.30 bits per heavy atom. The fourth-order valence-corrected chi connectivity index (χ4v) is 7.96. The van der Waals surface area contributed by atoms with Gasteiger partial charge in [-0.15, -0.1) is 0 Å². The van der Waals surface area contributed by atoms with E-state index in [1.165, 1.54) is 0 Å². The molecule has 4 atom stereocenters. The van der Waals surface area contributed by atoms with Crippen molar-refractivity contribution in [3.05, 3.63) is 125 Å². The van der Waals surface area contributed by atoms with Gasteiger partial charge in [-0.25, -0.2) is 0 Å². The minimum absolute atomic E-state index is 0.0123. The summed E-state index contributed by atoms with van der Waals surface area (Å²) in [5, 5.41) is 24.5. The van der Waals surface area contributed by atoms with Gasteiger partial charge in [0.1, 0.15) is 5.54 Å². The van der Waals surface area contributed by atoms with E-state index in [9.17, 15) is 19.5 Å². The van der Waals surface area contributed by atoms with Crippen molar-refractivity contribution in [1.82, 2.24) is 15.5 Å². The standard InChI is InChI=1S/C43H48N4O7/c1-29-37(26-46-21-19-43(20-22-46)42(52)45-28-47(43)36-11-3-2-4-12-36)53-41(54-40(29)32-15-13-30(27-48)14-16-32)35-10-6-9-34(24-35)33-8-5-7-31(23-33)25-44-38(49)17-18-39(50)51/h2-16,23-24,29,37,40-41,48H,17-22,25-28H2,1H3,(H,44,49)(H,45,52)(H,50,51)/t29-,37+,40+,41+/m0/s1. The molecule has 4 aromatic rings. The van der Waals surface area contributed by atoms with E-state index in [4.69, 9.17) is 14.6 Å². The smallest absolute Gasteiger partial charge is 0.303 e. The molecule has 0 aliphatic carbocycles. The summed E-state index contributed by atoms with van der Waals surface area (Å²) in [6.07, 6.45) is 0.0947. The van der Waals surface area contributed by atoms with Gasteiger partial charge in [-0.05, 0) is 64.9 Å². The molecule has 3 aliphatic rings. The molecule has 2 amide bonds. The molecule has 3 aliphatic heterocycles. The SMILES string of the molecule is C[C@H]1[C@@H](CN2CCC3(CC2)C(=O)NCN3c2ccccc2)O[C@@H](c2cccc(-c3cccc(CNC(=O)CCC(=O)O)c3)c2)O[C@H]1c1ccc(CO)cc1. The number of aliphatic carboxylic acids is 1. The third kappa shape index (κ3) is 8.19. The average molecular weight is 733 g/mol. The van der Waals surface area contributed by atoms with Crippen molar-refractivity contribution in [2.75, 3.05) is 31.2 Å². The number of rotatable bonds is 12. The Hall–Kier alpha value is -5.07. The molecule has 3 heterocycles. The van der Waals surface area contributed by atoms with Gasteiger partial charge >= 0.3 is 5.97 Å². The Morgan fingerprint density at radius 2 is 1.57 bits per heavy atom. The molecule has 3 saturated heterocycles. The van der Waals surface area contributed by atoms with Gasteiger partial charge in [0.05, 0.1) is 31.9 Å². The maximum atomic E-state index is 13.3. The topological polar surface area (TPSA) is 141 Å². The number of anilines is 1. The number of amides is 2. The number of nitrogens with zero attached hydrogens (tertiary/aromatic N) is 2. The van der Waals surface area contributed by atoms with Crippen molar-refractivity contribution in [1.29, 1.82) is 0 Å². The van der Waals surface area contributed by atoms with E-state index in [2.05, 4.69) is 45.6 Å². The van der Waals surface area contributed by atoms with Crippen molar-refractivity contribution >= 4 is 23.5 Å². The second-order valence-electron chi connectivity index (χ2n) is 14.6. The van der Waals surface area contributed by atoms with Crippen molar-refractivity contribution in [3.63, 3.8) is 0 Å². The van der Waals surface area contributed by atoms with Crippen LogP contribution in [0.5, 0.6) is 0 Å². The lowest BCUT2D eigenvalue weighted by molar-refractivity contribution is -0.276. The zero-order chi connectivity index (χ0) is 37.7. The number of carboxylic acid groups (broad SMARTS) is 1. The van der Waals surface area contributed by atoms with Crippen LogP contribution in [0.4, 0.5) is 5.69 Å². The zero-order valence-electron chi connectivity index (χ0n) is 30.5. The van der Waals surface area contributed by atoms with E-state index >= 15 is 0 Å². The highest BCUT2D eigenvalue weighted by molar-refractivity contribution is 5.93. The molecule has 0 aromatic heterocycles. The molecule has 11 nitrogen and oxygen atoms in total. The lowest BCUT2D eigenvalue weighted by Crippen LogP contribution is -2.57. The molecule has 11 heteroatoms. The van der Waals surface area contributed by atoms with Crippen molar-refractivity contribution < 1.29 is 34.1 Å². The summed E-state index contributed by atoms with van der Waals surface area (Å²) in [7, 11) is 0. The molecule has 7 rings (SSSR count). The van der Waals surface area contributed by atoms with Crippen LogP contribution in [0.3, 0.4) is 0 Å². The predicted octanol–water partition coefficient (Wildman–Crippen LogP) is 5.55. The lowest BCUT2D eigenvalue weighted by Gasteiger charge is -2.46. The minimum Gasteiger partial charge on any atom is -0.481 e. The summed E-state index contributed by atoms with van der Waals surface area (Å²) in [5.74, 6) is -1.19. The van der Waals surface area contributed by atoms with E-state index in [1.54, 1.807) is 0 Å². The summed E-state index contributed by atoms with van der Waals surface area (Å²) in [6.45, 7) is 5.15. The number of piperidine rings is 1. The van der Waals surface area contributed by atoms with E-state index < -0.39 is 17.8 Å². The summed E-state index contributed by atoms with van der Waals surface area (Å²) in [5.41, 5.74) is 6.06. The fraction of sp³-hybridized carbons (Fsp3) is 0.372. The van der Waals surface area contributed by atoms with Crippen LogP contribution in [0, 0.1) is 5.92 Å². The van der Waals surface area contributed by atoms with E-state index in [1.807, 2.05) is 84.9 Å². The summed E-state index contributed by atoms with van der Waals surface area (Å²) in [4.78, 5) is 40.9. The molecule has 54 heavy (non-hydrogen) atoms. The first-order valence-electron chi connectivity index (χ1n) is 18.7. The van der Waals surface area contributed by atoms with E-state index in [-0.39, 0.29) is 49.4 Å². The third-order valence-electron chi connectivity index (χ3n) is 11.1. The number of ether oxygens (including phenoxy) is 2. The van der Waals surface area contributed by atoms with Crippen LogP contribution in [0.15, 0.2) is 103 Å². The summed E-state index contributed by atoms with van der Waals surface area (Å²) in [6, 6.07) is 34.1. The molecule has 0 saturated carbocycles. The molecule has 1 spiro atoms. The second kappa shape index (κ2) is 16.5. The number of hydrogen-bond acceptors (Lipinski definition) is 8. The van der Waals surface area contributed by atoms with Gasteiger partial charge < -0.3 is 40.1 Å². The highest BCUT2D eigenvalue weighted by atomic mass is 16.7. The molecule has 4 aromatic carbocycles. The van der Waals surface area contributed by atoms with Crippen LogP contribution >= 0.6 is 0 Å². The molecule has 0 radical (unpaired) electrons. The Morgan fingerprint density at radius 1 is 0.852 bits per heavy atom. The van der Waals surface area contributed by atoms with Gasteiger partial charge in [-0.1, -0.05) is 85.8 Å². The second-order valence-corrected chi connectivity index (χ2v) is 14.6. The molecule has 282 valence electrons. The van der Waals surface area contributed by atoms with E-state index in [0.29, 0.717) is 32.6 Å². The van der Waals surface area contributed by atoms with Crippen LogP contribution < -0.4 is 15.5 Å². The summed E-state index contributed by atoms with van der Waals surface area (Å²) < 4.78 is 13.6. The van der Waals surface area contributed by atoms with Crippen molar-refractivity contribution in [3.8, 4) is 11.1 Å². The molecule has 3 fully saturated rings. The fourth-order valence-electron chi connectivity index (χ4n) is 7.96.